The lowest BCUT2D eigenvalue weighted by Gasteiger charge is -2.02. The molecule has 0 atom stereocenters. The van der Waals surface area contributed by atoms with Gasteiger partial charge < -0.3 is 0 Å². The quantitative estimate of drug-likeness (QED) is 0.286. The first-order valence-electron chi connectivity index (χ1n) is 5.67. The fourth-order valence-electron chi connectivity index (χ4n) is 1.47. The molecule has 0 aliphatic heterocycles. The van der Waals surface area contributed by atoms with Crippen LogP contribution in [0.4, 0.5) is 0 Å². The van der Waals surface area contributed by atoms with Crippen molar-refractivity contribution in [2.45, 2.75) is 64.1 Å². The van der Waals surface area contributed by atoms with Crippen molar-refractivity contribution >= 4 is 8.80 Å². The summed E-state index contributed by atoms with van der Waals surface area (Å²) in [6.45, 7) is 8.55. The average molecular weight is 197 g/mol. The van der Waals surface area contributed by atoms with Crippen LogP contribution < -0.4 is 0 Å². The number of allylic oxidation sites excluding steroid dienone is 1. The SMILES string of the molecule is C=CCCCCCCCC[Si](C)C. The van der Waals surface area contributed by atoms with Gasteiger partial charge >= 0.3 is 0 Å². The topological polar surface area (TPSA) is 0 Å². The van der Waals surface area contributed by atoms with E-state index < -0.39 is 0 Å². The summed E-state index contributed by atoms with van der Waals surface area (Å²) >= 11 is 0. The summed E-state index contributed by atoms with van der Waals surface area (Å²) in [7, 11) is 0.0511. The lowest BCUT2D eigenvalue weighted by Crippen LogP contribution is -1.97. The number of rotatable bonds is 9. The molecule has 0 aromatic heterocycles. The maximum absolute atomic E-state index is 3.73. The van der Waals surface area contributed by atoms with Crippen LogP contribution in [0.3, 0.4) is 0 Å². The molecule has 13 heavy (non-hydrogen) atoms. The normalized spacial score (nSPS) is 10.7. The van der Waals surface area contributed by atoms with Gasteiger partial charge in [-0.25, -0.2) is 0 Å². The van der Waals surface area contributed by atoms with Crippen LogP contribution in [0, 0.1) is 0 Å². The molecule has 0 aromatic rings. The molecule has 0 amide bonds. The summed E-state index contributed by atoms with van der Waals surface area (Å²) < 4.78 is 0. The van der Waals surface area contributed by atoms with Crippen molar-refractivity contribution in [3.05, 3.63) is 12.7 Å². The Morgan fingerprint density at radius 2 is 1.46 bits per heavy atom. The zero-order valence-corrected chi connectivity index (χ0v) is 10.4. The van der Waals surface area contributed by atoms with E-state index in [0.29, 0.717) is 0 Å². The molecule has 0 bridgehead atoms. The minimum absolute atomic E-state index is 0.0511. The third-order valence-electron chi connectivity index (χ3n) is 2.34. The van der Waals surface area contributed by atoms with Gasteiger partial charge in [0.1, 0.15) is 0 Å². The molecule has 0 nitrogen and oxygen atoms in total. The molecule has 0 fully saturated rings. The standard InChI is InChI=1S/C12H25Si/c1-4-5-6-7-8-9-10-11-12-13(2)3/h4H,1,5-12H2,2-3H3. The van der Waals surface area contributed by atoms with Crippen LogP contribution in [0.1, 0.15) is 44.9 Å². The van der Waals surface area contributed by atoms with Gasteiger partial charge in [-0.05, 0) is 12.8 Å². The Morgan fingerprint density at radius 3 is 2.00 bits per heavy atom. The molecule has 0 N–H and O–H groups in total. The van der Waals surface area contributed by atoms with E-state index in [1.165, 1.54) is 51.0 Å². The van der Waals surface area contributed by atoms with Crippen LogP contribution >= 0.6 is 0 Å². The molecule has 0 aliphatic rings. The highest BCUT2D eigenvalue weighted by Gasteiger charge is 1.95. The first-order chi connectivity index (χ1) is 6.27. The van der Waals surface area contributed by atoms with Gasteiger partial charge in [-0.15, -0.1) is 6.58 Å². The van der Waals surface area contributed by atoms with Crippen molar-refractivity contribution in [1.29, 1.82) is 0 Å². The lowest BCUT2D eigenvalue weighted by molar-refractivity contribution is 0.610. The minimum atomic E-state index is 0.0511. The molecule has 0 heterocycles. The maximum atomic E-state index is 3.73. The zero-order valence-electron chi connectivity index (χ0n) is 9.44. The Morgan fingerprint density at radius 1 is 0.923 bits per heavy atom. The molecule has 1 heteroatoms. The molecular formula is C12H25Si. The Labute approximate surface area is 86.0 Å². The summed E-state index contributed by atoms with van der Waals surface area (Å²) in [5, 5.41) is 0. The van der Waals surface area contributed by atoms with Crippen molar-refractivity contribution in [2.75, 3.05) is 0 Å². The Bertz CT molecular complexity index is 108. The van der Waals surface area contributed by atoms with E-state index in [4.69, 9.17) is 0 Å². The van der Waals surface area contributed by atoms with E-state index in [1.807, 2.05) is 6.08 Å². The molecular weight excluding hydrogens is 172 g/mol. The predicted octanol–water partition coefficient (Wildman–Crippen LogP) is 4.66. The second-order valence-electron chi connectivity index (χ2n) is 4.16. The number of unbranched alkanes of at least 4 members (excludes halogenated alkanes) is 6. The smallest absolute Gasteiger partial charge is 0.0412 e. The predicted molar refractivity (Wildman–Crippen MR) is 64.8 cm³/mol. The summed E-state index contributed by atoms with van der Waals surface area (Å²) in [6.07, 6.45) is 11.8. The molecule has 0 rings (SSSR count). The van der Waals surface area contributed by atoms with Crippen LogP contribution in [0.25, 0.3) is 0 Å². The van der Waals surface area contributed by atoms with Crippen LogP contribution in [0.15, 0.2) is 12.7 Å². The van der Waals surface area contributed by atoms with Crippen LogP contribution in [0.2, 0.25) is 19.1 Å². The van der Waals surface area contributed by atoms with Gasteiger partial charge in [0.15, 0.2) is 0 Å². The molecule has 0 unspecified atom stereocenters. The fraction of sp³-hybridized carbons (Fsp3) is 0.833. The van der Waals surface area contributed by atoms with E-state index in [1.54, 1.807) is 0 Å². The van der Waals surface area contributed by atoms with Crippen LogP contribution in [0.5, 0.6) is 0 Å². The van der Waals surface area contributed by atoms with Crippen molar-refractivity contribution < 1.29 is 0 Å². The fourth-order valence-corrected chi connectivity index (χ4v) is 2.43. The third kappa shape index (κ3) is 12.0. The second-order valence-corrected chi connectivity index (χ2v) is 7.07. The molecule has 77 valence electrons. The van der Waals surface area contributed by atoms with Gasteiger partial charge in [0, 0.05) is 8.80 Å². The van der Waals surface area contributed by atoms with Crippen molar-refractivity contribution in [1.82, 2.24) is 0 Å². The van der Waals surface area contributed by atoms with Gasteiger partial charge in [0.2, 0.25) is 0 Å². The monoisotopic (exact) mass is 197 g/mol. The first kappa shape index (κ1) is 13.0. The highest BCUT2D eigenvalue weighted by molar-refractivity contribution is 6.55. The zero-order chi connectivity index (χ0) is 9.94. The molecule has 1 radical (unpaired) electrons. The van der Waals surface area contributed by atoms with Gasteiger partial charge in [-0.1, -0.05) is 57.3 Å². The van der Waals surface area contributed by atoms with Gasteiger partial charge in [0.05, 0.1) is 0 Å². The Balaban J connectivity index is 2.87. The second kappa shape index (κ2) is 10.0. The molecule has 0 saturated carbocycles. The molecule has 0 spiro atoms. The van der Waals surface area contributed by atoms with E-state index in [-0.39, 0.29) is 8.80 Å². The Kier molecular flexibility index (Phi) is 10.0. The Hall–Kier alpha value is -0.0431. The summed E-state index contributed by atoms with van der Waals surface area (Å²) in [6, 6.07) is 1.51. The van der Waals surface area contributed by atoms with E-state index in [9.17, 15) is 0 Å². The maximum Gasteiger partial charge on any atom is 0.0412 e. The molecule has 0 aliphatic carbocycles. The summed E-state index contributed by atoms with van der Waals surface area (Å²) in [4.78, 5) is 0. The first-order valence-corrected chi connectivity index (χ1v) is 8.38. The van der Waals surface area contributed by atoms with E-state index in [2.05, 4.69) is 19.7 Å². The molecule has 0 aromatic carbocycles. The van der Waals surface area contributed by atoms with Gasteiger partial charge in [-0.3, -0.25) is 0 Å². The average Bonchev–Trinajstić information content (AvgIpc) is 2.09. The van der Waals surface area contributed by atoms with E-state index in [0.717, 1.165) is 0 Å². The minimum Gasteiger partial charge on any atom is -0.103 e. The number of hydrogen-bond donors (Lipinski definition) is 0. The highest BCUT2D eigenvalue weighted by Crippen LogP contribution is 2.10. The highest BCUT2D eigenvalue weighted by atomic mass is 28.3. The third-order valence-corrected chi connectivity index (χ3v) is 3.69. The largest absolute Gasteiger partial charge is 0.103 e. The summed E-state index contributed by atoms with van der Waals surface area (Å²) in [5.41, 5.74) is 0. The van der Waals surface area contributed by atoms with Gasteiger partial charge in [-0.2, -0.15) is 0 Å². The van der Waals surface area contributed by atoms with Gasteiger partial charge in [0.25, 0.3) is 0 Å². The van der Waals surface area contributed by atoms with Crippen molar-refractivity contribution in [2.24, 2.45) is 0 Å². The van der Waals surface area contributed by atoms with Crippen molar-refractivity contribution in [3.8, 4) is 0 Å². The van der Waals surface area contributed by atoms with Crippen LogP contribution in [-0.4, -0.2) is 8.80 Å². The molecule has 0 saturated heterocycles. The van der Waals surface area contributed by atoms with E-state index >= 15 is 0 Å². The van der Waals surface area contributed by atoms with Crippen molar-refractivity contribution in [3.63, 3.8) is 0 Å². The van der Waals surface area contributed by atoms with Crippen LogP contribution in [-0.2, 0) is 0 Å². The number of hydrogen-bond acceptors (Lipinski definition) is 0. The lowest BCUT2D eigenvalue weighted by atomic mass is 10.1. The summed E-state index contributed by atoms with van der Waals surface area (Å²) in [5.74, 6) is 0.